The lowest BCUT2D eigenvalue weighted by Gasteiger charge is -2.10. The van der Waals surface area contributed by atoms with Crippen molar-refractivity contribution in [2.24, 2.45) is 0 Å². The third-order valence-corrected chi connectivity index (χ3v) is 4.70. The zero-order valence-electron chi connectivity index (χ0n) is 10.0. The minimum Gasteiger partial charge on any atom is -0.492 e. The van der Waals surface area contributed by atoms with Crippen LogP contribution in [0, 0.1) is 6.92 Å². The summed E-state index contributed by atoms with van der Waals surface area (Å²) in [7, 11) is -2.27. The molecule has 5 nitrogen and oxygen atoms in total. The van der Waals surface area contributed by atoms with Crippen molar-refractivity contribution >= 4 is 25.6 Å². The first-order valence-electron chi connectivity index (χ1n) is 5.11. The third kappa shape index (κ3) is 4.58. The van der Waals surface area contributed by atoms with Crippen LogP contribution >= 0.6 is 10.8 Å². The molecule has 0 saturated carbocycles. The van der Waals surface area contributed by atoms with Gasteiger partial charge in [0.15, 0.2) is 8.87 Å². The molecular weight excluding hydrogens is 276 g/mol. The standard InChI is InChI=1S/C11H14O5S2/c1-8-9(11(12)13)4-3-5-10(8)16-6-7-17-18(2,14)15/h3-5H,6-7H2,1-2H3,(H,12,13). The highest BCUT2D eigenvalue weighted by molar-refractivity contribution is 8.71. The van der Waals surface area contributed by atoms with Crippen LogP contribution in [0.3, 0.4) is 0 Å². The smallest absolute Gasteiger partial charge is 0.336 e. The van der Waals surface area contributed by atoms with E-state index in [9.17, 15) is 13.2 Å². The molecule has 0 heterocycles. The minimum atomic E-state index is -3.07. The van der Waals surface area contributed by atoms with Gasteiger partial charge in [-0.15, -0.1) is 0 Å². The van der Waals surface area contributed by atoms with E-state index in [0.717, 1.165) is 17.0 Å². The molecule has 0 saturated heterocycles. The average Bonchev–Trinajstić information content (AvgIpc) is 2.24. The summed E-state index contributed by atoms with van der Waals surface area (Å²) in [5, 5.41) is 8.93. The van der Waals surface area contributed by atoms with Crippen LogP contribution in [0.5, 0.6) is 5.75 Å². The Morgan fingerprint density at radius 2 is 2.11 bits per heavy atom. The Bertz CT molecular complexity index is 536. The van der Waals surface area contributed by atoms with Gasteiger partial charge < -0.3 is 9.84 Å². The first kappa shape index (κ1) is 14.8. The second-order valence-corrected chi connectivity index (χ2v) is 8.18. The summed E-state index contributed by atoms with van der Waals surface area (Å²) in [6.07, 6.45) is 1.13. The van der Waals surface area contributed by atoms with Crippen LogP contribution in [0.1, 0.15) is 15.9 Å². The fraction of sp³-hybridized carbons (Fsp3) is 0.364. The molecule has 0 spiro atoms. The van der Waals surface area contributed by atoms with Crippen LogP contribution in [-0.4, -0.2) is 38.1 Å². The molecular formula is C11H14O5S2. The first-order valence-corrected chi connectivity index (χ1v) is 8.51. The summed E-state index contributed by atoms with van der Waals surface area (Å²) in [5.41, 5.74) is 0.720. The maximum Gasteiger partial charge on any atom is 0.336 e. The molecule has 0 fully saturated rings. The molecule has 100 valence electrons. The molecule has 0 amide bonds. The number of carbonyl (C=O) groups is 1. The molecule has 7 heteroatoms. The van der Waals surface area contributed by atoms with E-state index in [1.54, 1.807) is 19.1 Å². The van der Waals surface area contributed by atoms with E-state index in [1.165, 1.54) is 6.07 Å². The molecule has 0 bridgehead atoms. The highest BCUT2D eigenvalue weighted by atomic mass is 33.1. The zero-order chi connectivity index (χ0) is 13.8. The van der Waals surface area contributed by atoms with Crippen LogP contribution in [0.25, 0.3) is 0 Å². The summed E-state index contributed by atoms with van der Waals surface area (Å²) < 4.78 is 27.1. The predicted octanol–water partition coefficient (Wildman–Crippen LogP) is 1.76. The van der Waals surface area contributed by atoms with Crippen molar-refractivity contribution in [3.8, 4) is 5.75 Å². The summed E-state index contributed by atoms with van der Waals surface area (Å²) in [5.74, 6) is -0.247. The lowest BCUT2D eigenvalue weighted by atomic mass is 10.1. The van der Waals surface area contributed by atoms with Gasteiger partial charge in [-0.1, -0.05) is 6.07 Å². The number of hydrogen-bond donors (Lipinski definition) is 1. The number of carboxylic acid groups (broad SMARTS) is 1. The highest BCUT2D eigenvalue weighted by Gasteiger charge is 2.11. The highest BCUT2D eigenvalue weighted by Crippen LogP contribution is 2.21. The van der Waals surface area contributed by atoms with Gasteiger partial charge in [0.1, 0.15) is 5.75 Å². The fourth-order valence-electron chi connectivity index (χ4n) is 1.34. The number of benzene rings is 1. The van der Waals surface area contributed by atoms with Crippen LogP contribution in [0.15, 0.2) is 18.2 Å². The Kier molecular flexibility index (Phi) is 5.03. The zero-order valence-corrected chi connectivity index (χ0v) is 11.7. The van der Waals surface area contributed by atoms with Gasteiger partial charge in [0.05, 0.1) is 12.2 Å². The lowest BCUT2D eigenvalue weighted by molar-refractivity contribution is 0.0695. The minimum absolute atomic E-state index is 0.184. The van der Waals surface area contributed by atoms with Crippen molar-refractivity contribution in [2.45, 2.75) is 6.92 Å². The maximum atomic E-state index is 10.9. The van der Waals surface area contributed by atoms with E-state index < -0.39 is 14.8 Å². The normalized spacial score (nSPS) is 11.2. The molecule has 0 aliphatic carbocycles. The summed E-state index contributed by atoms with van der Waals surface area (Å²) >= 11 is 0. The van der Waals surface area contributed by atoms with Crippen molar-refractivity contribution in [1.82, 2.24) is 0 Å². The molecule has 18 heavy (non-hydrogen) atoms. The van der Waals surface area contributed by atoms with Crippen molar-refractivity contribution in [3.63, 3.8) is 0 Å². The van der Waals surface area contributed by atoms with E-state index in [1.807, 2.05) is 0 Å². The van der Waals surface area contributed by atoms with Crippen LogP contribution < -0.4 is 4.74 Å². The lowest BCUT2D eigenvalue weighted by Crippen LogP contribution is -2.06. The monoisotopic (exact) mass is 290 g/mol. The van der Waals surface area contributed by atoms with Gasteiger partial charge in [0, 0.05) is 17.6 Å². The van der Waals surface area contributed by atoms with E-state index >= 15 is 0 Å². The summed E-state index contributed by atoms with van der Waals surface area (Å²) in [6, 6.07) is 4.75. The molecule has 1 rings (SSSR count). The van der Waals surface area contributed by atoms with Crippen molar-refractivity contribution in [2.75, 3.05) is 18.6 Å². The molecule has 0 unspecified atom stereocenters. The summed E-state index contributed by atoms with van der Waals surface area (Å²) in [6.45, 7) is 1.87. The maximum absolute atomic E-state index is 10.9. The van der Waals surface area contributed by atoms with Gasteiger partial charge in [-0.25, -0.2) is 13.2 Å². The van der Waals surface area contributed by atoms with Gasteiger partial charge in [0.2, 0.25) is 0 Å². The first-order chi connectivity index (χ1) is 8.31. The number of ether oxygens (including phenoxy) is 1. The Labute approximate surface area is 109 Å². The number of aromatic carboxylic acids is 1. The number of hydrogen-bond acceptors (Lipinski definition) is 5. The van der Waals surface area contributed by atoms with E-state index in [2.05, 4.69) is 0 Å². The predicted molar refractivity (Wildman–Crippen MR) is 70.9 cm³/mol. The SMILES string of the molecule is Cc1c(OCCSS(C)(=O)=O)cccc1C(=O)O. The van der Waals surface area contributed by atoms with E-state index in [0.29, 0.717) is 17.1 Å². The van der Waals surface area contributed by atoms with Gasteiger partial charge >= 0.3 is 5.97 Å². The molecule has 0 atom stereocenters. The van der Waals surface area contributed by atoms with E-state index in [-0.39, 0.29) is 12.2 Å². The van der Waals surface area contributed by atoms with Crippen LogP contribution in [0.2, 0.25) is 0 Å². The molecule has 1 aromatic rings. The van der Waals surface area contributed by atoms with Crippen LogP contribution in [-0.2, 0) is 8.87 Å². The summed E-state index contributed by atoms with van der Waals surface area (Å²) in [4.78, 5) is 10.9. The molecule has 1 N–H and O–H groups in total. The molecule has 1 aromatic carbocycles. The van der Waals surface area contributed by atoms with Gasteiger partial charge in [-0.05, 0) is 29.9 Å². The quantitative estimate of drug-likeness (QED) is 0.635. The Hall–Kier alpha value is -1.21. The molecule has 0 radical (unpaired) electrons. The van der Waals surface area contributed by atoms with Crippen molar-refractivity contribution in [3.05, 3.63) is 29.3 Å². The van der Waals surface area contributed by atoms with Gasteiger partial charge in [-0.2, -0.15) is 0 Å². The second-order valence-electron chi connectivity index (χ2n) is 3.61. The third-order valence-electron chi connectivity index (χ3n) is 2.15. The van der Waals surface area contributed by atoms with Crippen LogP contribution in [0.4, 0.5) is 0 Å². The van der Waals surface area contributed by atoms with E-state index in [4.69, 9.17) is 9.84 Å². The molecule has 0 aromatic heterocycles. The Morgan fingerprint density at radius 1 is 1.44 bits per heavy atom. The number of carboxylic acids is 1. The molecule has 0 aliphatic rings. The Morgan fingerprint density at radius 3 is 2.67 bits per heavy atom. The second kappa shape index (κ2) is 6.10. The molecule has 0 aliphatic heterocycles. The largest absolute Gasteiger partial charge is 0.492 e. The number of rotatable bonds is 6. The van der Waals surface area contributed by atoms with Crippen molar-refractivity contribution in [1.29, 1.82) is 0 Å². The Balaban J connectivity index is 2.63. The van der Waals surface area contributed by atoms with Crippen molar-refractivity contribution < 1.29 is 23.1 Å². The van der Waals surface area contributed by atoms with Gasteiger partial charge in [-0.3, -0.25) is 0 Å². The average molecular weight is 290 g/mol. The van der Waals surface area contributed by atoms with Gasteiger partial charge in [0.25, 0.3) is 0 Å². The topological polar surface area (TPSA) is 80.7 Å². The fourth-order valence-corrected chi connectivity index (χ4v) is 2.91.